The molecule has 2 heterocycles. The van der Waals surface area contributed by atoms with Crippen molar-refractivity contribution in [2.24, 2.45) is 17.6 Å². The molecule has 0 saturated carbocycles. The van der Waals surface area contributed by atoms with Crippen LogP contribution in [-0.4, -0.2) is 16.9 Å². The zero-order valence-corrected chi connectivity index (χ0v) is 13.4. The summed E-state index contributed by atoms with van der Waals surface area (Å²) in [7, 11) is 0. The Balaban J connectivity index is 2.17. The number of primary amides is 1. The molecule has 1 fully saturated rings. The van der Waals surface area contributed by atoms with Crippen LogP contribution in [0.4, 0.5) is 0 Å². The van der Waals surface area contributed by atoms with Gasteiger partial charge in [-0.1, -0.05) is 30.3 Å². The Morgan fingerprint density at radius 1 is 1.33 bits per heavy atom. The van der Waals surface area contributed by atoms with Crippen molar-refractivity contribution < 1.29 is 14.7 Å². The average molecular weight is 341 g/mol. The molecule has 2 aromatic rings. The van der Waals surface area contributed by atoms with Crippen molar-refractivity contribution in [3.8, 4) is 6.07 Å². The molecule has 0 radical (unpaired) electrons. The first kappa shape index (κ1) is 16.2. The van der Waals surface area contributed by atoms with Gasteiger partial charge in [0.05, 0.1) is 6.07 Å². The maximum Gasteiger partial charge on any atom is 0.235 e. The third-order valence-corrected chi connectivity index (χ3v) is 5.05. The van der Waals surface area contributed by atoms with E-state index in [0.29, 0.717) is 11.1 Å². The highest BCUT2D eigenvalue weighted by Gasteiger charge is 2.55. The fourth-order valence-electron chi connectivity index (χ4n) is 3.23. The van der Waals surface area contributed by atoms with Gasteiger partial charge in [-0.3, -0.25) is 9.59 Å². The third kappa shape index (κ3) is 2.46. The molecule has 1 aliphatic heterocycles. The van der Waals surface area contributed by atoms with Crippen LogP contribution in [0.3, 0.4) is 0 Å². The van der Waals surface area contributed by atoms with Crippen LogP contribution in [0, 0.1) is 23.2 Å². The van der Waals surface area contributed by atoms with Gasteiger partial charge in [-0.05, 0) is 22.4 Å². The molecule has 7 heteroatoms. The van der Waals surface area contributed by atoms with Crippen LogP contribution in [-0.2, 0) is 15.3 Å². The predicted molar refractivity (Wildman–Crippen MR) is 87.3 cm³/mol. The van der Waals surface area contributed by atoms with Crippen LogP contribution >= 0.6 is 11.3 Å². The Hall–Kier alpha value is -2.69. The molecule has 1 aromatic heterocycles. The Morgan fingerprint density at radius 2 is 2.04 bits per heavy atom. The fourth-order valence-corrected chi connectivity index (χ4v) is 3.94. The van der Waals surface area contributed by atoms with Gasteiger partial charge in [0.25, 0.3) is 0 Å². The van der Waals surface area contributed by atoms with Crippen molar-refractivity contribution in [2.45, 2.75) is 11.6 Å². The molecule has 2 amide bonds. The molecule has 0 unspecified atom stereocenters. The van der Waals surface area contributed by atoms with E-state index in [2.05, 4.69) is 11.4 Å². The first-order chi connectivity index (χ1) is 11.5. The van der Waals surface area contributed by atoms with Crippen molar-refractivity contribution in [1.29, 1.82) is 5.26 Å². The lowest BCUT2D eigenvalue weighted by Gasteiger charge is -2.44. The second-order valence-electron chi connectivity index (χ2n) is 5.69. The van der Waals surface area contributed by atoms with Crippen LogP contribution in [0.2, 0.25) is 0 Å². The summed E-state index contributed by atoms with van der Waals surface area (Å²) in [6.07, 6.45) is 0. The molecular weight excluding hydrogens is 326 g/mol. The first-order valence-electron chi connectivity index (χ1n) is 7.30. The number of nitrogens with two attached hydrogens (primary N) is 1. The van der Waals surface area contributed by atoms with Crippen LogP contribution in [0.25, 0.3) is 0 Å². The lowest BCUT2D eigenvalue weighted by molar-refractivity contribution is -0.153. The molecule has 1 saturated heterocycles. The van der Waals surface area contributed by atoms with Gasteiger partial charge >= 0.3 is 0 Å². The summed E-state index contributed by atoms with van der Waals surface area (Å²) in [4.78, 5) is 24.4. The summed E-state index contributed by atoms with van der Waals surface area (Å²) in [6.45, 7) is 0. The van der Waals surface area contributed by atoms with Gasteiger partial charge in [-0.25, -0.2) is 0 Å². The second kappa shape index (κ2) is 6.07. The van der Waals surface area contributed by atoms with E-state index in [-0.39, 0.29) is 0 Å². The van der Waals surface area contributed by atoms with Crippen LogP contribution in [0.1, 0.15) is 17.0 Å². The van der Waals surface area contributed by atoms with E-state index >= 15 is 0 Å². The van der Waals surface area contributed by atoms with Gasteiger partial charge < -0.3 is 16.2 Å². The summed E-state index contributed by atoms with van der Waals surface area (Å²) in [5, 5.41) is 26.8. The molecule has 0 aliphatic carbocycles. The van der Waals surface area contributed by atoms with E-state index in [4.69, 9.17) is 5.73 Å². The number of nitriles is 1. The van der Waals surface area contributed by atoms with E-state index in [1.54, 1.807) is 47.2 Å². The molecule has 0 bridgehead atoms. The predicted octanol–water partition coefficient (Wildman–Crippen LogP) is 1.05. The topological polar surface area (TPSA) is 116 Å². The number of nitrogens with zero attached hydrogens (tertiary/aromatic N) is 1. The Kier molecular flexibility index (Phi) is 4.09. The lowest BCUT2D eigenvalue weighted by Crippen LogP contribution is -2.62. The molecule has 122 valence electrons. The fraction of sp³-hybridized carbons (Fsp3) is 0.235. The number of carbonyl (C=O) groups excluding carboxylic acids is 2. The molecule has 6 nitrogen and oxygen atoms in total. The summed E-state index contributed by atoms with van der Waals surface area (Å²) in [6, 6.07) is 12.2. The molecule has 1 aliphatic rings. The number of thiophene rings is 1. The third-order valence-electron chi connectivity index (χ3n) is 4.35. The number of carbonyl (C=O) groups is 2. The average Bonchev–Trinajstić information content (AvgIpc) is 3.08. The van der Waals surface area contributed by atoms with E-state index in [0.717, 1.165) is 0 Å². The quantitative estimate of drug-likeness (QED) is 0.723. The van der Waals surface area contributed by atoms with Crippen molar-refractivity contribution in [3.63, 3.8) is 0 Å². The summed E-state index contributed by atoms with van der Waals surface area (Å²) < 4.78 is 0. The molecule has 24 heavy (non-hydrogen) atoms. The van der Waals surface area contributed by atoms with Gasteiger partial charge in [0.15, 0.2) is 5.72 Å². The SMILES string of the molecule is N#C[C@H]1[C@@H](c2ccsc2)[C@@H](C(N)=O)C(=O)N[C@@]1(O)c1ccccc1. The highest BCUT2D eigenvalue weighted by Crippen LogP contribution is 2.45. The van der Waals surface area contributed by atoms with Crippen molar-refractivity contribution in [1.82, 2.24) is 5.32 Å². The minimum absolute atomic E-state index is 0.382. The van der Waals surface area contributed by atoms with E-state index in [9.17, 15) is 20.0 Å². The molecule has 1 aromatic carbocycles. The molecular formula is C17H15N3O3S. The number of piperidine rings is 1. The molecule has 4 atom stereocenters. The van der Waals surface area contributed by atoms with Crippen molar-refractivity contribution >= 4 is 23.2 Å². The number of aliphatic hydroxyl groups is 1. The number of rotatable bonds is 3. The smallest absolute Gasteiger partial charge is 0.235 e. The van der Waals surface area contributed by atoms with E-state index in [1.807, 2.05) is 0 Å². The Labute approximate surface area is 142 Å². The normalized spacial score (nSPS) is 29.5. The number of hydrogen-bond acceptors (Lipinski definition) is 5. The Morgan fingerprint density at radius 3 is 2.58 bits per heavy atom. The number of nitrogens with one attached hydrogen (secondary N) is 1. The minimum atomic E-state index is -1.90. The number of amides is 2. The first-order valence-corrected chi connectivity index (χ1v) is 8.24. The monoisotopic (exact) mass is 341 g/mol. The largest absolute Gasteiger partial charge is 0.369 e. The summed E-state index contributed by atoms with van der Waals surface area (Å²) in [5.41, 5.74) is 4.53. The van der Waals surface area contributed by atoms with Gasteiger partial charge in [0, 0.05) is 11.5 Å². The zero-order chi connectivity index (χ0) is 17.3. The van der Waals surface area contributed by atoms with Crippen LogP contribution in [0.5, 0.6) is 0 Å². The molecule has 4 N–H and O–H groups in total. The number of hydrogen-bond donors (Lipinski definition) is 3. The van der Waals surface area contributed by atoms with Crippen LogP contribution in [0.15, 0.2) is 47.2 Å². The number of benzene rings is 1. The van der Waals surface area contributed by atoms with Crippen molar-refractivity contribution in [2.75, 3.05) is 0 Å². The second-order valence-corrected chi connectivity index (χ2v) is 6.47. The Bertz CT molecular complexity index is 800. The van der Waals surface area contributed by atoms with Gasteiger partial charge in [-0.15, -0.1) is 0 Å². The lowest BCUT2D eigenvalue weighted by atomic mass is 9.68. The maximum absolute atomic E-state index is 12.5. The van der Waals surface area contributed by atoms with Crippen LogP contribution < -0.4 is 11.1 Å². The van der Waals surface area contributed by atoms with Gasteiger partial charge in [0.2, 0.25) is 11.8 Å². The van der Waals surface area contributed by atoms with Crippen molar-refractivity contribution in [3.05, 3.63) is 58.3 Å². The van der Waals surface area contributed by atoms with E-state index < -0.39 is 35.3 Å². The molecule has 3 rings (SSSR count). The molecule has 0 spiro atoms. The zero-order valence-electron chi connectivity index (χ0n) is 12.5. The van der Waals surface area contributed by atoms with E-state index in [1.165, 1.54) is 11.3 Å². The summed E-state index contributed by atoms with van der Waals surface area (Å²) >= 11 is 1.38. The minimum Gasteiger partial charge on any atom is -0.369 e. The highest BCUT2D eigenvalue weighted by molar-refractivity contribution is 7.08. The van der Waals surface area contributed by atoms with Gasteiger partial charge in [-0.2, -0.15) is 16.6 Å². The maximum atomic E-state index is 12.5. The standard InChI is InChI=1S/C17H15N3O3S/c18-8-12-13(10-6-7-24-9-10)14(15(19)21)16(22)20-17(12,23)11-4-2-1-3-5-11/h1-7,9,12-14,23H,(H2,19,21)(H,20,22)/t12-,13+,14-,17+/m0/s1. The van der Waals surface area contributed by atoms with Gasteiger partial charge in [0.1, 0.15) is 11.8 Å². The summed E-state index contributed by atoms with van der Waals surface area (Å²) in [5.74, 6) is -4.61. The highest BCUT2D eigenvalue weighted by atomic mass is 32.1.